The van der Waals surface area contributed by atoms with Crippen molar-refractivity contribution in [3.05, 3.63) is 125 Å². The van der Waals surface area contributed by atoms with Crippen LogP contribution in [0.15, 0.2) is 97.1 Å². The number of carbonyl (C=O) groups is 9. The number of nitrogens with zero attached hydrogens (tertiary/aromatic N) is 4. The number of Topliss-reactive ketones (excluding diaryl/α,β-unsaturated/α-hetero) is 1. The van der Waals surface area contributed by atoms with Crippen molar-refractivity contribution in [3.63, 3.8) is 0 Å². The number of carbonyl (C=O) groups excluding carboxylic acids is 9. The number of ketones is 1. The first-order chi connectivity index (χ1) is 56.0. The molecule has 2 fully saturated rings. The quantitative estimate of drug-likeness (QED) is 0.0181. The van der Waals surface area contributed by atoms with Crippen LogP contribution < -0.4 is 25.6 Å². The average molecular weight is 1630 g/mol. The summed E-state index contributed by atoms with van der Waals surface area (Å²) in [6.07, 6.45) is -2.10. The third-order valence-corrected chi connectivity index (χ3v) is 22.8. The van der Waals surface area contributed by atoms with Crippen LogP contribution >= 0.6 is 0 Å². The molecule has 15 atom stereocenters. The number of amides is 7. The van der Waals surface area contributed by atoms with E-state index in [1.807, 2.05) is 115 Å². The zero-order chi connectivity index (χ0) is 85.4. The molecule has 3 aliphatic heterocycles. The summed E-state index contributed by atoms with van der Waals surface area (Å²) in [5, 5.41) is 19.7. The summed E-state index contributed by atoms with van der Waals surface area (Å²) < 4.78 is 59.4. The van der Waals surface area contributed by atoms with Gasteiger partial charge in [0, 0.05) is 102 Å². The Morgan fingerprint density at radius 2 is 1.32 bits per heavy atom. The van der Waals surface area contributed by atoms with Crippen molar-refractivity contribution >= 4 is 64.7 Å². The molecule has 4 aromatic carbocycles. The summed E-state index contributed by atoms with van der Waals surface area (Å²) in [6.45, 7) is 24.9. The Hall–Kier alpha value is -8.85. The Morgan fingerprint density at radius 1 is 0.684 bits per heavy atom. The molecular weight excluding hydrogens is 1500 g/mol. The van der Waals surface area contributed by atoms with Crippen LogP contribution in [0, 0.1) is 53.3 Å². The number of hydrogen-bond acceptors (Lipinski definition) is 20. The molecule has 0 bridgehead atoms. The highest BCUT2D eigenvalue weighted by molar-refractivity contribution is 5.95. The Bertz CT molecular complexity index is 3930. The number of unbranched alkanes of at least 4 members (excludes halogenated alkanes) is 1. The molecule has 0 aromatic heterocycles. The maximum Gasteiger partial charge on any atom is 0.410 e. The van der Waals surface area contributed by atoms with E-state index in [-0.39, 0.29) is 116 Å². The fourth-order valence-corrected chi connectivity index (χ4v) is 15.5. The van der Waals surface area contributed by atoms with Crippen molar-refractivity contribution in [2.75, 3.05) is 104 Å². The number of nitrogens with one attached hydrogen (secondary N) is 3. The number of likely N-dealkylation sites (N-methyl/N-ethyl adjacent to an activating group) is 2. The fourth-order valence-electron chi connectivity index (χ4n) is 15.5. The molecule has 644 valence electrons. The second-order valence-electron chi connectivity index (χ2n) is 31.8. The van der Waals surface area contributed by atoms with E-state index in [9.17, 15) is 43.5 Å². The van der Waals surface area contributed by atoms with Crippen molar-refractivity contribution in [2.24, 2.45) is 41.4 Å². The number of para-hydroxylation sites is 1. The summed E-state index contributed by atoms with van der Waals surface area (Å²) in [7, 11) is 6.19. The lowest BCUT2D eigenvalue weighted by Gasteiger charge is -2.42. The van der Waals surface area contributed by atoms with Crippen LogP contribution in [0.25, 0.3) is 0 Å². The van der Waals surface area contributed by atoms with Crippen LogP contribution in [0.1, 0.15) is 181 Å². The minimum absolute atomic E-state index is 0.00784. The number of esters is 1. The van der Waals surface area contributed by atoms with Gasteiger partial charge in [0.2, 0.25) is 41.7 Å². The van der Waals surface area contributed by atoms with E-state index in [2.05, 4.69) is 27.8 Å². The molecule has 7 amide bonds. The van der Waals surface area contributed by atoms with Gasteiger partial charge < -0.3 is 88.0 Å². The van der Waals surface area contributed by atoms with E-state index in [0.717, 1.165) is 22.4 Å². The van der Waals surface area contributed by atoms with E-state index < -0.39 is 91.3 Å². The Kier molecular flexibility index (Phi) is 39.3. The molecule has 117 heavy (non-hydrogen) atoms. The number of likely N-dealkylation sites (tertiary alicyclic amines) is 1. The van der Waals surface area contributed by atoms with Gasteiger partial charge >= 0.3 is 12.1 Å². The van der Waals surface area contributed by atoms with Crippen LogP contribution in [-0.4, -0.2) is 222 Å². The first-order valence-corrected chi connectivity index (χ1v) is 41.6. The molecule has 3 heterocycles. The predicted octanol–water partition coefficient (Wildman–Crippen LogP) is 11.0. The van der Waals surface area contributed by atoms with Crippen molar-refractivity contribution in [2.45, 2.75) is 221 Å². The lowest BCUT2D eigenvalue weighted by Crippen LogP contribution is -2.55. The van der Waals surface area contributed by atoms with E-state index in [4.69, 9.17) is 47.4 Å². The Labute approximate surface area is 692 Å². The molecule has 0 spiro atoms. The molecule has 7 rings (SSSR count). The molecule has 0 radical (unpaired) electrons. The van der Waals surface area contributed by atoms with Gasteiger partial charge in [0.25, 0.3) is 0 Å². The smallest absolute Gasteiger partial charge is 0.410 e. The monoisotopic (exact) mass is 1630 g/mol. The lowest BCUT2D eigenvalue weighted by atomic mass is 9.83. The Balaban J connectivity index is 0.860. The number of aliphatic hydroxyl groups excluding tert-OH is 1. The van der Waals surface area contributed by atoms with Crippen molar-refractivity contribution in [3.8, 4) is 17.6 Å². The van der Waals surface area contributed by atoms with Gasteiger partial charge in [0.05, 0.1) is 132 Å². The summed E-state index contributed by atoms with van der Waals surface area (Å²) in [6, 6.07) is 26.7. The van der Waals surface area contributed by atoms with Crippen LogP contribution in [-0.2, 0) is 94.1 Å². The number of fused-ring (bicyclic) bond motifs is 2. The van der Waals surface area contributed by atoms with E-state index in [1.54, 1.807) is 79.8 Å². The van der Waals surface area contributed by atoms with Gasteiger partial charge in [-0.15, -0.1) is 0 Å². The third-order valence-electron chi connectivity index (χ3n) is 22.8. The van der Waals surface area contributed by atoms with Gasteiger partial charge in [-0.05, 0) is 111 Å². The Morgan fingerprint density at radius 3 is 1.97 bits per heavy atom. The van der Waals surface area contributed by atoms with Crippen molar-refractivity contribution in [1.29, 1.82) is 0 Å². The van der Waals surface area contributed by atoms with Gasteiger partial charge in [0.1, 0.15) is 12.4 Å². The largest absolute Gasteiger partial charge is 0.460 e. The number of anilines is 2. The number of methoxy groups -OCH3 is 2. The first-order valence-electron chi connectivity index (χ1n) is 41.6. The molecule has 3 aliphatic rings. The fraction of sp³-hybridized carbons (Fsp3) is 0.611. The van der Waals surface area contributed by atoms with Crippen molar-refractivity contribution < 1.29 is 95.6 Å². The number of ether oxygens (including phenoxy) is 10. The molecule has 2 unspecified atom stereocenters. The molecular formula is C90H129N7O20. The van der Waals surface area contributed by atoms with E-state index in [0.29, 0.717) is 114 Å². The standard InChI is InChI=1S/C90H129N7O20/c1-17-59(6)83(77(108-15)54-81(103)96-43-27-34-74(96)85(109-16)62(9)87(105)92-63(10)84(104)68-30-19-18-20-31-68)94(13)88(106)72(57(2)3)53-75(99)82(58(4)5)95(14)90(107)114-56-70-52-71(39-40-76(70)117-89-86(116-65(12)98)61(8)60(7)64(11)115-89)93-79(101)41-44-110-46-48-112-50-51-113-49-47-111-45-42-91-78(100)35-25-26-36-80(102)97-55-69-32-22-21-28-66(69)37-38-67-29-23-24-33-73(67)97/h18-24,28-33,39-40,52,57-64,72,74,77,82-86,89,104H,17,25-27,34-36,41-51,53-56H2,1-16H3,(H,91,100)(H,92,105)(H,93,101)/t59-,60-,61?,62+,63+,64?,72-,74-,77+,82-,83-,84+,85+,86-,89-/m0/s1. The topological polar surface area (TPSA) is 315 Å². The second-order valence-corrected chi connectivity index (χ2v) is 31.8. The molecule has 0 aliphatic carbocycles. The van der Waals surface area contributed by atoms with Crippen LogP contribution in [0.5, 0.6) is 5.75 Å². The highest BCUT2D eigenvalue weighted by atomic mass is 16.7. The normalized spacial score (nSPS) is 19.4. The summed E-state index contributed by atoms with van der Waals surface area (Å²) in [5.74, 6) is 1.72. The van der Waals surface area contributed by atoms with E-state index >= 15 is 4.79 Å². The number of benzene rings is 4. The summed E-state index contributed by atoms with van der Waals surface area (Å²) >= 11 is 0. The van der Waals surface area contributed by atoms with E-state index in [1.165, 1.54) is 33.1 Å². The highest BCUT2D eigenvalue weighted by Gasteiger charge is 2.46. The molecule has 27 heteroatoms. The zero-order valence-electron chi connectivity index (χ0n) is 71.6. The molecule has 0 saturated carbocycles. The van der Waals surface area contributed by atoms with Gasteiger partial charge in [0.15, 0.2) is 11.9 Å². The van der Waals surface area contributed by atoms with Gasteiger partial charge in [-0.25, -0.2) is 4.79 Å². The lowest BCUT2D eigenvalue weighted by molar-refractivity contribution is -0.243. The molecule has 4 N–H and O–H groups in total. The molecule has 2 saturated heterocycles. The van der Waals surface area contributed by atoms with Crippen LogP contribution in [0.4, 0.5) is 16.2 Å². The molecule has 4 aromatic rings. The maximum absolute atomic E-state index is 15.1. The minimum Gasteiger partial charge on any atom is -0.460 e. The van der Waals surface area contributed by atoms with Crippen molar-refractivity contribution in [1.82, 2.24) is 25.3 Å². The number of aliphatic hydroxyl groups is 1. The predicted molar refractivity (Wildman–Crippen MR) is 443 cm³/mol. The number of hydrogen-bond donors (Lipinski definition) is 4. The second kappa shape index (κ2) is 48.3. The summed E-state index contributed by atoms with van der Waals surface area (Å²) in [5.41, 5.74) is 4.80. The summed E-state index contributed by atoms with van der Waals surface area (Å²) in [4.78, 5) is 131. The third kappa shape index (κ3) is 28.1. The van der Waals surface area contributed by atoms with Gasteiger partial charge in [-0.2, -0.15) is 0 Å². The van der Waals surface area contributed by atoms with Gasteiger partial charge in [-0.3, -0.25) is 38.4 Å². The first kappa shape index (κ1) is 95.3. The van der Waals surface area contributed by atoms with Gasteiger partial charge in [-0.1, -0.05) is 141 Å². The number of rotatable bonds is 47. The van der Waals surface area contributed by atoms with Crippen LogP contribution in [0.2, 0.25) is 0 Å². The molecule has 27 nitrogen and oxygen atoms in total. The highest BCUT2D eigenvalue weighted by Crippen LogP contribution is 2.38. The SMILES string of the molecule is CC[C@H](C)[C@@H]([C@@H](CC(=O)N1CCC[C@H]1[C@H](OC)[C@@H](C)C(=O)N[C@H](C)[C@@H](O)c1ccccc1)OC)N(C)C(=O)[C@@H](CC(=O)[C@H](C(C)C)N(C)C(=O)OCc1cc(NC(=O)CCOCCOCCOCCOCCNC(=O)CCCCC(=O)N2Cc3ccccc3C#Cc3ccccc32)ccc1O[C@@H]1OC(C)[C@@H](C)C(C)[C@@H]1OC(C)=O)C(C)C. The minimum atomic E-state index is -1.07. The average Bonchev–Trinajstić information content (AvgIpc) is 1.71. The van der Waals surface area contributed by atoms with Crippen LogP contribution in [0.3, 0.4) is 0 Å². The zero-order valence-corrected chi connectivity index (χ0v) is 71.6. The maximum atomic E-state index is 15.1.